The molecule has 0 spiro atoms. The smallest absolute Gasteiger partial charge is 0.258 e. The maximum Gasteiger partial charge on any atom is 0.258 e. The molecule has 1 heterocycles. The van der Waals surface area contributed by atoms with E-state index < -0.39 is 0 Å². The van der Waals surface area contributed by atoms with Gasteiger partial charge in [0.15, 0.2) is 0 Å². The van der Waals surface area contributed by atoms with Gasteiger partial charge in [-0.2, -0.15) is 0 Å². The van der Waals surface area contributed by atoms with Crippen molar-refractivity contribution in [1.29, 1.82) is 0 Å². The molecule has 0 saturated carbocycles. The number of carbonyl (C=O) groups is 1. The van der Waals surface area contributed by atoms with Crippen LogP contribution in [0.15, 0.2) is 66.7 Å². The van der Waals surface area contributed by atoms with Gasteiger partial charge in [-0.25, -0.2) is 0 Å². The third kappa shape index (κ3) is 3.65. The third-order valence-corrected chi connectivity index (χ3v) is 5.93. The largest absolute Gasteiger partial charge is 0.497 e. The number of rotatable bonds is 4. The first-order valence-corrected chi connectivity index (χ1v) is 10.4. The zero-order valence-corrected chi connectivity index (χ0v) is 18.0. The molecule has 1 aliphatic heterocycles. The van der Waals surface area contributed by atoms with E-state index in [1.807, 2.05) is 29.2 Å². The molecule has 0 radical (unpaired) electrons. The maximum absolute atomic E-state index is 13.5. The summed E-state index contributed by atoms with van der Waals surface area (Å²) < 4.78 is 5.24. The summed E-state index contributed by atoms with van der Waals surface area (Å²) in [5.74, 6) is 0.771. The van der Waals surface area contributed by atoms with E-state index in [0.717, 1.165) is 29.1 Å². The molecule has 4 nitrogen and oxygen atoms in total. The zero-order valence-electron chi connectivity index (χ0n) is 18.0. The molecule has 2 atom stereocenters. The van der Waals surface area contributed by atoms with E-state index in [2.05, 4.69) is 68.6 Å². The van der Waals surface area contributed by atoms with Crippen LogP contribution in [0.3, 0.4) is 0 Å². The molecule has 3 aromatic rings. The molecule has 154 valence electrons. The van der Waals surface area contributed by atoms with Crippen molar-refractivity contribution in [3.8, 4) is 5.75 Å². The molecule has 0 saturated heterocycles. The van der Waals surface area contributed by atoms with Crippen molar-refractivity contribution >= 4 is 17.3 Å². The van der Waals surface area contributed by atoms with E-state index in [1.54, 1.807) is 7.11 Å². The lowest BCUT2D eigenvalue weighted by Gasteiger charge is -2.41. The van der Waals surface area contributed by atoms with E-state index in [0.29, 0.717) is 5.56 Å². The first-order chi connectivity index (χ1) is 14.5. The van der Waals surface area contributed by atoms with Gasteiger partial charge in [-0.05, 0) is 74.2 Å². The van der Waals surface area contributed by atoms with Crippen LogP contribution < -0.4 is 15.0 Å². The molecule has 3 aromatic carbocycles. The number of hydrogen-bond donors (Lipinski definition) is 1. The summed E-state index contributed by atoms with van der Waals surface area (Å²) in [4.78, 5) is 15.5. The second-order valence-electron chi connectivity index (χ2n) is 8.01. The Kier molecular flexibility index (Phi) is 5.49. The SMILES string of the molecule is COc1ccc(C(=O)N2c3c(C)cccc3[C@@H](Nc3ccccc3C)C[C@H]2C)cc1. The molecule has 1 N–H and O–H groups in total. The van der Waals surface area contributed by atoms with Gasteiger partial charge >= 0.3 is 0 Å². The number of carbonyl (C=O) groups excluding carboxylic acids is 1. The van der Waals surface area contributed by atoms with Crippen LogP contribution in [-0.2, 0) is 0 Å². The molecule has 4 heteroatoms. The minimum absolute atomic E-state index is 0.0232. The minimum atomic E-state index is 0.0232. The van der Waals surface area contributed by atoms with Gasteiger partial charge in [-0.3, -0.25) is 4.79 Å². The van der Waals surface area contributed by atoms with E-state index >= 15 is 0 Å². The summed E-state index contributed by atoms with van der Waals surface area (Å²) in [7, 11) is 1.63. The molecule has 0 aliphatic carbocycles. The fraction of sp³-hybridized carbons (Fsp3) is 0.269. The Morgan fingerprint density at radius 1 is 0.967 bits per heavy atom. The summed E-state index contributed by atoms with van der Waals surface area (Å²) in [5.41, 5.74) is 6.31. The molecule has 0 fully saturated rings. The average molecular weight is 401 g/mol. The molecular formula is C26H28N2O2. The number of para-hydroxylation sites is 2. The fourth-order valence-corrected chi connectivity index (χ4v) is 4.32. The van der Waals surface area contributed by atoms with Crippen LogP contribution in [0, 0.1) is 13.8 Å². The number of ether oxygens (including phenoxy) is 1. The number of amides is 1. The molecule has 4 rings (SSSR count). The lowest BCUT2D eigenvalue weighted by molar-refractivity contribution is 0.0974. The fourth-order valence-electron chi connectivity index (χ4n) is 4.32. The lowest BCUT2D eigenvalue weighted by Crippen LogP contribution is -2.44. The minimum Gasteiger partial charge on any atom is -0.497 e. The first-order valence-electron chi connectivity index (χ1n) is 10.4. The number of benzene rings is 3. The number of fused-ring (bicyclic) bond motifs is 1. The van der Waals surface area contributed by atoms with Gasteiger partial charge in [-0.1, -0.05) is 36.4 Å². The van der Waals surface area contributed by atoms with Gasteiger partial charge in [0.2, 0.25) is 0 Å². The van der Waals surface area contributed by atoms with Crippen molar-refractivity contribution in [3.05, 3.63) is 89.0 Å². The van der Waals surface area contributed by atoms with Crippen molar-refractivity contribution in [2.24, 2.45) is 0 Å². The van der Waals surface area contributed by atoms with Crippen molar-refractivity contribution < 1.29 is 9.53 Å². The van der Waals surface area contributed by atoms with E-state index in [1.165, 1.54) is 11.1 Å². The summed E-state index contributed by atoms with van der Waals surface area (Å²) >= 11 is 0. The molecule has 0 unspecified atom stereocenters. The second-order valence-corrected chi connectivity index (χ2v) is 8.01. The van der Waals surface area contributed by atoms with Crippen LogP contribution in [0.1, 0.15) is 46.4 Å². The summed E-state index contributed by atoms with van der Waals surface area (Å²) in [6, 6.07) is 22.2. The topological polar surface area (TPSA) is 41.6 Å². The van der Waals surface area contributed by atoms with Gasteiger partial charge in [-0.15, -0.1) is 0 Å². The van der Waals surface area contributed by atoms with Crippen molar-refractivity contribution in [2.75, 3.05) is 17.3 Å². The van der Waals surface area contributed by atoms with E-state index in [4.69, 9.17) is 4.74 Å². The van der Waals surface area contributed by atoms with Gasteiger partial charge in [0.05, 0.1) is 18.8 Å². The monoisotopic (exact) mass is 400 g/mol. The van der Waals surface area contributed by atoms with Gasteiger partial charge in [0.1, 0.15) is 5.75 Å². The summed E-state index contributed by atoms with van der Waals surface area (Å²) in [6.45, 7) is 6.32. The predicted molar refractivity (Wildman–Crippen MR) is 123 cm³/mol. The van der Waals surface area contributed by atoms with Crippen molar-refractivity contribution in [1.82, 2.24) is 0 Å². The highest BCUT2D eigenvalue weighted by atomic mass is 16.5. The predicted octanol–water partition coefficient (Wildman–Crippen LogP) is 5.90. The standard InChI is InChI=1S/C26H28N2O2/c1-17-8-5-6-11-23(17)27-24-16-19(3)28(25-18(2)9-7-10-22(24)25)26(29)20-12-14-21(30-4)15-13-20/h5-15,19,24,27H,16H2,1-4H3/t19-,24+/m1/s1. The number of nitrogens with one attached hydrogen (secondary N) is 1. The zero-order chi connectivity index (χ0) is 21.3. The van der Waals surface area contributed by atoms with Crippen LogP contribution >= 0.6 is 0 Å². The van der Waals surface area contributed by atoms with Crippen LogP contribution in [0.4, 0.5) is 11.4 Å². The molecule has 1 amide bonds. The van der Waals surface area contributed by atoms with Crippen LogP contribution in [0.25, 0.3) is 0 Å². The van der Waals surface area contributed by atoms with Crippen molar-refractivity contribution in [3.63, 3.8) is 0 Å². The molecule has 0 aromatic heterocycles. The van der Waals surface area contributed by atoms with Gasteiger partial charge < -0.3 is 15.0 Å². The number of nitrogens with zero attached hydrogens (tertiary/aromatic N) is 1. The average Bonchev–Trinajstić information content (AvgIpc) is 2.76. The molecule has 0 bridgehead atoms. The number of aryl methyl sites for hydroxylation is 2. The Morgan fingerprint density at radius 2 is 1.67 bits per heavy atom. The Hall–Kier alpha value is -3.27. The number of methoxy groups -OCH3 is 1. The summed E-state index contributed by atoms with van der Waals surface area (Å²) in [6.07, 6.45) is 0.840. The molecular weight excluding hydrogens is 372 g/mol. The Balaban J connectivity index is 1.72. The molecule has 1 aliphatic rings. The Morgan fingerprint density at radius 3 is 2.37 bits per heavy atom. The van der Waals surface area contributed by atoms with Crippen LogP contribution in [0.5, 0.6) is 5.75 Å². The highest BCUT2D eigenvalue weighted by Crippen LogP contribution is 2.42. The van der Waals surface area contributed by atoms with Crippen LogP contribution in [-0.4, -0.2) is 19.1 Å². The lowest BCUT2D eigenvalue weighted by atomic mass is 9.88. The maximum atomic E-state index is 13.5. The number of hydrogen-bond acceptors (Lipinski definition) is 3. The van der Waals surface area contributed by atoms with Gasteiger partial charge in [0.25, 0.3) is 5.91 Å². The Labute approximate surface area is 178 Å². The number of anilines is 2. The van der Waals surface area contributed by atoms with Gasteiger partial charge in [0, 0.05) is 17.3 Å². The highest BCUT2D eigenvalue weighted by molar-refractivity contribution is 6.07. The van der Waals surface area contributed by atoms with E-state index in [9.17, 15) is 4.79 Å². The Bertz CT molecular complexity index is 1060. The van der Waals surface area contributed by atoms with E-state index in [-0.39, 0.29) is 18.0 Å². The normalized spacial score (nSPS) is 17.9. The summed E-state index contributed by atoms with van der Waals surface area (Å²) in [5, 5.41) is 3.72. The van der Waals surface area contributed by atoms with Crippen LogP contribution in [0.2, 0.25) is 0 Å². The first kappa shape index (κ1) is 20.0. The second kappa shape index (κ2) is 8.23. The highest BCUT2D eigenvalue weighted by Gasteiger charge is 2.35. The quantitative estimate of drug-likeness (QED) is 0.592. The molecule has 30 heavy (non-hydrogen) atoms. The third-order valence-electron chi connectivity index (χ3n) is 5.93. The van der Waals surface area contributed by atoms with Crippen molar-refractivity contribution in [2.45, 2.75) is 39.3 Å².